The molecular formula is C55H38N2S. The fourth-order valence-corrected chi connectivity index (χ4v) is 10.1. The molecule has 0 unspecified atom stereocenters. The van der Waals surface area contributed by atoms with E-state index in [0.717, 1.165) is 39.2 Å². The molecule has 0 saturated heterocycles. The van der Waals surface area contributed by atoms with Crippen LogP contribution in [0.3, 0.4) is 0 Å². The molecule has 8 aromatic carbocycles. The average molecular weight is 759 g/mol. The monoisotopic (exact) mass is 758 g/mol. The van der Waals surface area contributed by atoms with Crippen LogP contribution in [0.4, 0.5) is 0 Å². The van der Waals surface area contributed by atoms with Gasteiger partial charge in [0.05, 0.1) is 11.4 Å². The lowest BCUT2D eigenvalue weighted by molar-refractivity contribution is 0.660. The summed E-state index contributed by atoms with van der Waals surface area (Å²) in [5.74, 6) is 0.708. The SMILES string of the molecule is CC1(C)c2ccccc2-c2ccc(-c3cc(-c4cc(-c5ccc6c(c5)sc5ccccc56)cc(-c5ccccc5-c5ccccc5)c4)nc(-c4ccccc4)n3)cc21. The molecule has 0 bridgehead atoms. The van der Waals surface area contributed by atoms with Crippen molar-refractivity contribution in [1.82, 2.24) is 9.97 Å². The average Bonchev–Trinajstić information content (AvgIpc) is 3.77. The molecule has 0 N–H and O–H groups in total. The molecule has 0 amide bonds. The second-order valence-corrected chi connectivity index (χ2v) is 16.9. The van der Waals surface area contributed by atoms with E-state index in [0.29, 0.717) is 5.82 Å². The summed E-state index contributed by atoms with van der Waals surface area (Å²) >= 11 is 1.85. The molecule has 0 saturated carbocycles. The van der Waals surface area contributed by atoms with Crippen molar-refractivity contribution in [1.29, 1.82) is 0 Å². The number of rotatable bonds is 6. The van der Waals surface area contributed by atoms with E-state index < -0.39 is 0 Å². The molecule has 0 aliphatic heterocycles. The maximum Gasteiger partial charge on any atom is 0.160 e. The van der Waals surface area contributed by atoms with Crippen molar-refractivity contribution >= 4 is 31.5 Å². The molecule has 2 nitrogen and oxygen atoms in total. The minimum atomic E-state index is -0.120. The molecule has 10 aromatic rings. The van der Waals surface area contributed by atoms with Gasteiger partial charge in [-0.1, -0.05) is 166 Å². The van der Waals surface area contributed by atoms with Gasteiger partial charge in [-0.25, -0.2) is 9.97 Å². The van der Waals surface area contributed by atoms with Gasteiger partial charge in [-0.05, 0) is 98.1 Å². The van der Waals surface area contributed by atoms with Crippen LogP contribution in [0.25, 0.3) is 98.6 Å². The van der Waals surface area contributed by atoms with Crippen LogP contribution in [-0.2, 0) is 5.41 Å². The third-order valence-corrected chi connectivity index (χ3v) is 13.0. The van der Waals surface area contributed by atoms with Gasteiger partial charge in [0.15, 0.2) is 5.82 Å². The van der Waals surface area contributed by atoms with E-state index in [4.69, 9.17) is 9.97 Å². The van der Waals surface area contributed by atoms with E-state index in [-0.39, 0.29) is 5.41 Å². The van der Waals surface area contributed by atoms with Crippen molar-refractivity contribution in [2.75, 3.05) is 0 Å². The van der Waals surface area contributed by atoms with E-state index in [1.165, 1.54) is 64.7 Å². The third kappa shape index (κ3) is 5.78. The second-order valence-electron chi connectivity index (χ2n) is 15.8. The molecular weight excluding hydrogens is 721 g/mol. The lowest BCUT2D eigenvalue weighted by Crippen LogP contribution is -2.14. The van der Waals surface area contributed by atoms with Crippen LogP contribution in [-0.4, -0.2) is 9.97 Å². The molecule has 58 heavy (non-hydrogen) atoms. The van der Waals surface area contributed by atoms with Gasteiger partial charge >= 0.3 is 0 Å². The first kappa shape index (κ1) is 34.3. The number of aromatic nitrogens is 2. The number of hydrogen-bond acceptors (Lipinski definition) is 3. The van der Waals surface area contributed by atoms with Gasteiger partial charge in [-0.2, -0.15) is 0 Å². The number of benzene rings is 8. The molecule has 274 valence electrons. The highest BCUT2D eigenvalue weighted by atomic mass is 32.1. The predicted molar refractivity (Wildman–Crippen MR) is 245 cm³/mol. The minimum Gasteiger partial charge on any atom is -0.228 e. The first-order chi connectivity index (χ1) is 28.5. The van der Waals surface area contributed by atoms with Gasteiger partial charge in [-0.3, -0.25) is 0 Å². The zero-order chi connectivity index (χ0) is 38.8. The van der Waals surface area contributed by atoms with Gasteiger partial charge < -0.3 is 0 Å². The Morgan fingerprint density at radius 1 is 0.345 bits per heavy atom. The zero-order valence-electron chi connectivity index (χ0n) is 32.3. The molecule has 0 radical (unpaired) electrons. The first-order valence-electron chi connectivity index (χ1n) is 19.9. The normalized spacial score (nSPS) is 12.8. The standard InChI is InChI=1S/C55H38N2S/c1-55(2)48-23-13-11-21-44(48)45-27-26-38(32-49(45)55)50-34-51(57-54(56-50)36-17-7-4-8-18-36)41-30-39(37-25-28-47-46-22-12-14-24-52(46)58-53(47)33-37)29-40(31-41)43-20-10-9-19-42(43)35-15-5-3-6-16-35/h3-34H,1-2H3. The lowest BCUT2D eigenvalue weighted by atomic mass is 9.82. The highest BCUT2D eigenvalue weighted by Gasteiger charge is 2.35. The van der Waals surface area contributed by atoms with Gasteiger partial charge in [-0.15, -0.1) is 11.3 Å². The summed E-state index contributed by atoms with van der Waals surface area (Å²) in [6.45, 7) is 4.66. The Bertz CT molecular complexity index is 3190. The quantitative estimate of drug-likeness (QED) is 0.169. The molecule has 1 aliphatic carbocycles. The Morgan fingerprint density at radius 3 is 1.71 bits per heavy atom. The number of hydrogen-bond donors (Lipinski definition) is 0. The van der Waals surface area contributed by atoms with Crippen LogP contribution in [0, 0.1) is 0 Å². The van der Waals surface area contributed by atoms with Crippen LogP contribution in [0.15, 0.2) is 194 Å². The zero-order valence-corrected chi connectivity index (χ0v) is 33.1. The summed E-state index contributed by atoms with van der Waals surface area (Å²) in [4.78, 5) is 10.6. The van der Waals surface area contributed by atoms with Crippen LogP contribution in [0.1, 0.15) is 25.0 Å². The summed E-state index contributed by atoms with van der Waals surface area (Å²) in [6.07, 6.45) is 0. The van der Waals surface area contributed by atoms with Crippen LogP contribution >= 0.6 is 11.3 Å². The van der Waals surface area contributed by atoms with Crippen LogP contribution < -0.4 is 0 Å². The van der Waals surface area contributed by atoms with Gasteiger partial charge in [0.1, 0.15) is 0 Å². The predicted octanol–water partition coefficient (Wildman–Crippen LogP) is 15.2. The van der Waals surface area contributed by atoms with Gasteiger partial charge in [0, 0.05) is 42.3 Å². The highest BCUT2D eigenvalue weighted by Crippen LogP contribution is 2.50. The lowest BCUT2D eigenvalue weighted by Gasteiger charge is -2.22. The summed E-state index contributed by atoms with van der Waals surface area (Å²) in [6, 6.07) is 70.2. The van der Waals surface area contributed by atoms with E-state index in [1.54, 1.807) is 0 Å². The number of thiophene rings is 1. The number of nitrogens with zero attached hydrogens (tertiary/aromatic N) is 2. The Morgan fingerprint density at radius 2 is 0.914 bits per heavy atom. The molecule has 1 aliphatic rings. The Hall–Kier alpha value is -6.94. The van der Waals surface area contributed by atoms with E-state index in [1.807, 2.05) is 17.4 Å². The fraction of sp³-hybridized carbons (Fsp3) is 0.0545. The number of fused-ring (bicyclic) bond motifs is 6. The van der Waals surface area contributed by atoms with Crippen LogP contribution in [0.5, 0.6) is 0 Å². The maximum absolute atomic E-state index is 5.35. The van der Waals surface area contributed by atoms with Crippen molar-refractivity contribution in [2.24, 2.45) is 0 Å². The second kappa shape index (κ2) is 13.6. The Balaban J connectivity index is 1.13. The van der Waals surface area contributed by atoms with E-state index >= 15 is 0 Å². The van der Waals surface area contributed by atoms with Crippen molar-refractivity contribution in [2.45, 2.75) is 19.3 Å². The molecule has 0 atom stereocenters. The van der Waals surface area contributed by atoms with Crippen molar-refractivity contribution in [3.05, 3.63) is 205 Å². The fourth-order valence-electron chi connectivity index (χ4n) is 8.93. The van der Waals surface area contributed by atoms with E-state index in [9.17, 15) is 0 Å². The molecule has 11 rings (SSSR count). The summed E-state index contributed by atoms with van der Waals surface area (Å²) in [5, 5.41) is 2.60. The maximum atomic E-state index is 5.35. The summed E-state index contributed by atoms with van der Waals surface area (Å²) in [5.41, 5.74) is 17.1. The van der Waals surface area contributed by atoms with Crippen LogP contribution in [0.2, 0.25) is 0 Å². The summed E-state index contributed by atoms with van der Waals surface area (Å²) < 4.78 is 2.59. The molecule has 0 spiro atoms. The minimum absolute atomic E-state index is 0.120. The third-order valence-electron chi connectivity index (χ3n) is 11.9. The Kier molecular flexibility index (Phi) is 8.06. The first-order valence-corrected chi connectivity index (χ1v) is 20.7. The van der Waals surface area contributed by atoms with Crippen molar-refractivity contribution < 1.29 is 0 Å². The largest absolute Gasteiger partial charge is 0.228 e. The van der Waals surface area contributed by atoms with Crippen molar-refractivity contribution in [3.63, 3.8) is 0 Å². The molecule has 2 aromatic heterocycles. The van der Waals surface area contributed by atoms with Crippen molar-refractivity contribution in [3.8, 4) is 78.4 Å². The smallest absolute Gasteiger partial charge is 0.160 e. The topological polar surface area (TPSA) is 25.8 Å². The van der Waals surface area contributed by atoms with E-state index in [2.05, 4.69) is 202 Å². The molecule has 0 fully saturated rings. The molecule has 3 heteroatoms. The Labute approximate surface area is 342 Å². The van der Waals surface area contributed by atoms with Gasteiger partial charge in [0.25, 0.3) is 0 Å². The highest BCUT2D eigenvalue weighted by molar-refractivity contribution is 7.25. The van der Waals surface area contributed by atoms with Gasteiger partial charge in [0.2, 0.25) is 0 Å². The summed E-state index contributed by atoms with van der Waals surface area (Å²) in [7, 11) is 0. The molecule has 2 heterocycles.